The predicted octanol–water partition coefficient (Wildman–Crippen LogP) is 1.35. The molecule has 0 radical (unpaired) electrons. The van der Waals surface area contributed by atoms with Gasteiger partial charge in [-0.3, -0.25) is 4.79 Å². The number of nitrogens with zero attached hydrogens (tertiary/aromatic N) is 1. The van der Waals surface area contributed by atoms with Gasteiger partial charge >= 0.3 is 0 Å². The van der Waals surface area contributed by atoms with E-state index in [2.05, 4.69) is 37.9 Å². The summed E-state index contributed by atoms with van der Waals surface area (Å²) in [6.45, 7) is 11.6. The highest BCUT2D eigenvalue weighted by Gasteiger charge is 2.37. The van der Waals surface area contributed by atoms with Crippen LogP contribution in [-0.2, 0) is 4.79 Å². The van der Waals surface area contributed by atoms with Crippen molar-refractivity contribution >= 4 is 5.91 Å². The van der Waals surface area contributed by atoms with Crippen LogP contribution in [0.1, 0.15) is 47.0 Å². The third-order valence-corrected chi connectivity index (χ3v) is 3.93. The summed E-state index contributed by atoms with van der Waals surface area (Å²) < 4.78 is 0. The van der Waals surface area contributed by atoms with Crippen molar-refractivity contribution < 1.29 is 4.79 Å². The molecule has 0 aromatic heterocycles. The van der Waals surface area contributed by atoms with Gasteiger partial charge in [-0.15, -0.1) is 0 Å². The molecule has 1 aliphatic rings. The highest BCUT2D eigenvalue weighted by molar-refractivity contribution is 5.84. The first kappa shape index (κ1) is 15.4. The Morgan fingerprint density at radius 3 is 2.44 bits per heavy atom. The van der Waals surface area contributed by atoms with E-state index >= 15 is 0 Å². The normalized spacial score (nSPS) is 26.6. The molecule has 0 saturated carbocycles. The Morgan fingerprint density at radius 2 is 1.94 bits per heavy atom. The molecule has 0 aromatic rings. The molecule has 1 rings (SSSR count). The van der Waals surface area contributed by atoms with Gasteiger partial charge in [-0.05, 0) is 52.1 Å². The zero-order valence-electron chi connectivity index (χ0n) is 12.3. The quantitative estimate of drug-likeness (QED) is 0.779. The maximum Gasteiger partial charge on any atom is 0.237 e. The molecule has 106 valence electrons. The summed E-state index contributed by atoms with van der Waals surface area (Å²) in [5.74, 6) is 0.347. The van der Waals surface area contributed by atoms with Gasteiger partial charge in [0.05, 0.1) is 5.54 Å². The van der Waals surface area contributed by atoms with Gasteiger partial charge in [0.2, 0.25) is 5.91 Å². The molecule has 0 spiro atoms. The number of hydrogen-bond donors (Lipinski definition) is 2. The summed E-state index contributed by atoms with van der Waals surface area (Å²) in [5, 5.41) is 3.43. The van der Waals surface area contributed by atoms with Crippen LogP contribution in [0.2, 0.25) is 0 Å². The van der Waals surface area contributed by atoms with E-state index in [0.717, 1.165) is 38.9 Å². The van der Waals surface area contributed by atoms with Crippen molar-refractivity contribution in [2.45, 2.75) is 58.5 Å². The molecular weight excluding hydrogens is 226 g/mol. The van der Waals surface area contributed by atoms with Crippen molar-refractivity contribution in [1.29, 1.82) is 0 Å². The largest absolute Gasteiger partial charge is 0.368 e. The molecular formula is C14H29N3O. The van der Waals surface area contributed by atoms with Crippen molar-refractivity contribution in [2.75, 3.05) is 19.6 Å². The van der Waals surface area contributed by atoms with Gasteiger partial charge in [-0.1, -0.05) is 13.8 Å². The van der Waals surface area contributed by atoms with Crippen LogP contribution in [0, 0.1) is 5.92 Å². The Labute approximate surface area is 111 Å². The number of rotatable bonds is 5. The van der Waals surface area contributed by atoms with E-state index in [-0.39, 0.29) is 5.91 Å². The lowest BCUT2D eigenvalue weighted by atomic mass is 9.89. The SMILES string of the molecule is CC(C)CNC1(C(N)=O)CCCN(C(C)C)CC1. The molecule has 1 heterocycles. The Balaban J connectivity index is 2.70. The minimum absolute atomic E-state index is 0.186. The number of carbonyl (C=O) groups is 1. The van der Waals surface area contributed by atoms with Crippen molar-refractivity contribution in [2.24, 2.45) is 11.7 Å². The molecule has 0 aromatic carbocycles. The molecule has 1 atom stereocenters. The average Bonchev–Trinajstić information content (AvgIpc) is 2.49. The second kappa shape index (κ2) is 6.53. The number of amides is 1. The summed E-state index contributed by atoms with van der Waals surface area (Å²) in [7, 11) is 0. The minimum atomic E-state index is -0.492. The van der Waals surface area contributed by atoms with E-state index in [9.17, 15) is 4.79 Å². The third kappa shape index (κ3) is 3.95. The Kier molecular flexibility index (Phi) is 5.60. The molecule has 0 bridgehead atoms. The van der Waals surface area contributed by atoms with Crippen molar-refractivity contribution in [3.63, 3.8) is 0 Å². The third-order valence-electron chi connectivity index (χ3n) is 3.93. The summed E-state index contributed by atoms with van der Waals surface area (Å²) >= 11 is 0. The highest BCUT2D eigenvalue weighted by Crippen LogP contribution is 2.23. The lowest BCUT2D eigenvalue weighted by Gasteiger charge is -2.32. The molecule has 0 aliphatic carbocycles. The Bertz CT molecular complexity index is 278. The van der Waals surface area contributed by atoms with Crippen molar-refractivity contribution in [3.8, 4) is 0 Å². The number of hydrogen-bond acceptors (Lipinski definition) is 3. The van der Waals surface area contributed by atoms with E-state index in [1.807, 2.05) is 0 Å². The van der Waals surface area contributed by atoms with Gasteiger partial charge in [0.25, 0.3) is 0 Å². The fourth-order valence-electron chi connectivity index (χ4n) is 2.58. The van der Waals surface area contributed by atoms with Gasteiger partial charge in [-0.25, -0.2) is 0 Å². The Hall–Kier alpha value is -0.610. The number of likely N-dealkylation sites (tertiary alicyclic amines) is 1. The van der Waals surface area contributed by atoms with Gasteiger partial charge < -0.3 is 16.0 Å². The first-order chi connectivity index (χ1) is 8.37. The molecule has 3 N–H and O–H groups in total. The van der Waals surface area contributed by atoms with Crippen LogP contribution in [0.4, 0.5) is 0 Å². The van der Waals surface area contributed by atoms with Crippen LogP contribution in [-0.4, -0.2) is 42.0 Å². The molecule has 1 saturated heterocycles. The molecule has 1 aliphatic heterocycles. The average molecular weight is 255 g/mol. The fraction of sp³-hybridized carbons (Fsp3) is 0.929. The van der Waals surface area contributed by atoms with E-state index in [0.29, 0.717) is 12.0 Å². The zero-order chi connectivity index (χ0) is 13.8. The zero-order valence-corrected chi connectivity index (χ0v) is 12.3. The van der Waals surface area contributed by atoms with E-state index < -0.39 is 5.54 Å². The number of primary amides is 1. The predicted molar refractivity (Wildman–Crippen MR) is 75.3 cm³/mol. The lowest BCUT2D eigenvalue weighted by Crippen LogP contribution is -2.56. The summed E-state index contributed by atoms with van der Waals surface area (Å²) in [6.07, 6.45) is 2.72. The second-order valence-electron chi connectivity index (χ2n) is 6.20. The molecule has 18 heavy (non-hydrogen) atoms. The molecule has 4 heteroatoms. The number of carbonyl (C=O) groups excluding carboxylic acids is 1. The lowest BCUT2D eigenvalue weighted by molar-refractivity contribution is -0.125. The maximum absolute atomic E-state index is 11.9. The van der Waals surface area contributed by atoms with Crippen LogP contribution < -0.4 is 11.1 Å². The fourth-order valence-corrected chi connectivity index (χ4v) is 2.58. The smallest absolute Gasteiger partial charge is 0.237 e. The summed E-state index contributed by atoms with van der Waals surface area (Å²) in [5.41, 5.74) is 5.17. The first-order valence-electron chi connectivity index (χ1n) is 7.16. The first-order valence-corrected chi connectivity index (χ1v) is 7.16. The van der Waals surface area contributed by atoms with Crippen LogP contribution in [0.3, 0.4) is 0 Å². The van der Waals surface area contributed by atoms with Gasteiger partial charge in [0.1, 0.15) is 0 Å². The van der Waals surface area contributed by atoms with E-state index in [1.54, 1.807) is 0 Å². The molecule has 1 amide bonds. The van der Waals surface area contributed by atoms with Gasteiger partial charge in [0.15, 0.2) is 0 Å². The molecule has 1 unspecified atom stereocenters. The van der Waals surface area contributed by atoms with Crippen molar-refractivity contribution in [3.05, 3.63) is 0 Å². The van der Waals surface area contributed by atoms with Gasteiger partial charge in [0, 0.05) is 12.6 Å². The minimum Gasteiger partial charge on any atom is -0.368 e. The molecule has 1 fully saturated rings. The van der Waals surface area contributed by atoms with Crippen LogP contribution in [0.15, 0.2) is 0 Å². The maximum atomic E-state index is 11.9. The van der Waals surface area contributed by atoms with E-state index in [1.165, 1.54) is 0 Å². The van der Waals surface area contributed by atoms with E-state index in [4.69, 9.17) is 5.73 Å². The van der Waals surface area contributed by atoms with Gasteiger partial charge in [-0.2, -0.15) is 0 Å². The Morgan fingerprint density at radius 1 is 1.28 bits per heavy atom. The number of nitrogens with one attached hydrogen (secondary N) is 1. The summed E-state index contributed by atoms with van der Waals surface area (Å²) in [6, 6.07) is 0.541. The van der Waals surface area contributed by atoms with Crippen LogP contribution in [0.25, 0.3) is 0 Å². The molecule has 4 nitrogen and oxygen atoms in total. The standard InChI is InChI=1S/C14H29N3O/c1-11(2)10-16-14(13(15)18)6-5-8-17(9-7-14)12(3)4/h11-12,16H,5-10H2,1-4H3,(H2,15,18). The topological polar surface area (TPSA) is 58.4 Å². The highest BCUT2D eigenvalue weighted by atomic mass is 16.1. The van der Waals surface area contributed by atoms with Crippen LogP contribution in [0.5, 0.6) is 0 Å². The monoisotopic (exact) mass is 255 g/mol. The summed E-state index contributed by atoms with van der Waals surface area (Å²) in [4.78, 5) is 14.3. The number of nitrogens with two attached hydrogens (primary N) is 1. The van der Waals surface area contributed by atoms with Crippen molar-refractivity contribution in [1.82, 2.24) is 10.2 Å². The van der Waals surface area contributed by atoms with Crippen LogP contribution >= 0.6 is 0 Å². The second-order valence-corrected chi connectivity index (χ2v) is 6.20.